The largest absolute Gasteiger partial charge is 0.445 e. The summed E-state index contributed by atoms with van der Waals surface area (Å²) in [6.07, 6.45) is 4.37. The molecule has 2 unspecified atom stereocenters. The Morgan fingerprint density at radius 3 is 2.58 bits per heavy atom. The zero-order valence-electron chi connectivity index (χ0n) is 20.7. The van der Waals surface area contributed by atoms with Gasteiger partial charge in [-0.05, 0) is 55.2 Å². The Morgan fingerprint density at radius 2 is 1.83 bits per heavy atom. The Labute approximate surface area is 211 Å². The first-order valence-corrected chi connectivity index (χ1v) is 12.7. The molecule has 2 aromatic carbocycles. The summed E-state index contributed by atoms with van der Waals surface area (Å²) in [6, 6.07) is 16.1. The summed E-state index contributed by atoms with van der Waals surface area (Å²) in [5, 5.41) is 16.1. The van der Waals surface area contributed by atoms with Gasteiger partial charge in [0.2, 0.25) is 11.8 Å². The molecule has 0 bridgehead atoms. The van der Waals surface area contributed by atoms with Gasteiger partial charge in [-0.2, -0.15) is 0 Å². The lowest BCUT2D eigenvalue weighted by Gasteiger charge is -2.29. The number of nitrogens with one attached hydrogen (secondary N) is 2. The molecular formula is C28H35N3O5. The number of aliphatic hydroxyl groups is 1. The highest BCUT2D eigenvalue weighted by atomic mass is 16.5. The summed E-state index contributed by atoms with van der Waals surface area (Å²) in [7, 11) is 0. The monoisotopic (exact) mass is 493 g/mol. The van der Waals surface area contributed by atoms with E-state index in [2.05, 4.69) is 22.5 Å². The number of fused-ring (bicyclic) bond motifs is 1. The number of oxazole rings is 1. The highest BCUT2D eigenvalue weighted by Crippen LogP contribution is 2.41. The lowest BCUT2D eigenvalue weighted by atomic mass is 9.82. The Bertz CT molecular complexity index is 1110. The van der Waals surface area contributed by atoms with Crippen LogP contribution >= 0.6 is 0 Å². The van der Waals surface area contributed by atoms with E-state index in [4.69, 9.17) is 9.15 Å². The molecule has 2 amide bonds. The fourth-order valence-electron chi connectivity index (χ4n) is 4.83. The molecule has 1 heterocycles. The zero-order chi connectivity index (χ0) is 25.4. The van der Waals surface area contributed by atoms with Crippen LogP contribution in [-0.2, 0) is 16.1 Å². The number of ether oxygens (including phenoxy) is 1. The fraction of sp³-hybridized carbons (Fsp3) is 0.464. The van der Waals surface area contributed by atoms with Crippen LogP contribution in [0.5, 0.6) is 0 Å². The molecule has 1 fully saturated rings. The normalized spacial score (nSPS) is 16.4. The molecule has 0 spiro atoms. The number of amides is 2. The van der Waals surface area contributed by atoms with Gasteiger partial charge in [0.25, 0.3) is 0 Å². The molecule has 0 aliphatic heterocycles. The maximum absolute atomic E-state index is 13.0. The molecule has 8 heteroatoms. The molecular weight excluding hydrogens is 458 g/mol. The van der Waals surface area contributed by atoms with Crippen LogP contribution < -0.4 is 10.6 Å². The minimum absolute atomic E-state index is 0.0118. The van der Waals surface area contributed by atoms with Gasteiger partial charge in [0, 0.05) is 6.54 Å². The SMILES string of the molecule is CC1(CC(NC(=O)OCc2ccccc2)C(=O)NCCCC(O)c2nc3ccccc3o2)CCCC1. The van der Waals surface area contributed by atoms with Crippen molar-refractivity contribution in [2.45, 2.75) is 70.6 Å². The number of hydrogen-bond donors (Lipinski definition) is 3. The lowest BCUT2D eigenvalue weighted by Crippen LogP contribution is -2.49. The third-order valence-corrected chi connectivity index (χ3v) is 6.88. The van der Waals surface area contributed by atoms with E-state index in [9.17, 15) is 14.7 Å². The Balaban J connectivity index is 1.27. The molecule has 3 aromatic rings. The van der Waals surface area contributed by atoms with Crippen molar-refractivity contribution < 1.29 is 23.8 Å². The standard InChI is InChI=1S/C28H35N3O5/c1-28(15-7-8-16-28)18-22(31-27(34)35-19-20-10-3-2-4-11-20)25(33)29-17-9-13-23(32)26-30-21-12-5-6-14-24(21)36-26/h2-6,10-12,14,22-23,32H,7-9,13,15-19H2,1H3,(H,29,33)(H,31,34). The van der Waals surface area contributed by atoms with Crippen LogP contribution in [0.1, 0.15) is 69.4 Å². The van der Waals surface area contributed by atoms with Crippen LogP contribution in [0.3, 0.4) is 0 Å². The quantitative estimate of drug-likeness (QED) is 0.323. The molecule has 0 radical (unpaired) electrons. The molecule has 0 saturated heterocycles. The number of nitrogens with zero attached hydrogens (tertiary/aromatic N) is 1. The van der Waals surface area contributed by atoms with Gasteiger partial charge in [0.1, 0.15) is 24.3 Å². The number of carbonyl (C=O) groups excluding carboxylic acids is 2. The highest BCUT2D eigenvalue weighted by molar-refractivity contribution is 5.85. The number of aliphatic hydroxyl groups excluding tert-OH is 1. The van der Waals surface area contributed by atoms with Gasteiger partial charge >= 0.3 is 6.09 Å². The van der Waals surface area contributed by atoms with Gasteiger partial charge in [-0.3, -0.25) is 4.79 Å². The van der Waals surface area contributed by atoms with Crippen molar-refractivity contribution in [3.63, 3.8) is 0 Å². The average Bonchev–Trinajstić information content (AvgIpc) is 3.52. The van der Waals surface area contributed by atoms with Gasteiger partial charge < -0.3 is 24.9 Å². The second kappa shape index (κ2) is 12.0. The van der Waals surface area contributed by atoms with Crippen LogP contribution in [0.15, 0.2) is 59.0 Å². The molecule has 36 heavy (non-hydrogen) atoms. The van der Waals surface area contributed by atoms with Crippen molar-refractivity contribution in [3.05, 3.63) is 66.1 Å². The topological polar surface area (TPSA) is 114 Å². The van der Waals surface area contributed by atoms with Gasteiger partial charge in [-0.1, -0.05) is 62.2 Å². The van der Waals surface area contributed by atoms with E-state index in [0.717, 1.165) is 31.2 Å². The Kier molecular flexibility index (Phi) is 8.59. The summed E-state index contributed by atoms with van der Waals surface area (Å²) in [5.74, 6) is 0.0357. The fourth-order valence-corrected chi connectivity index (χ4v) is 4.83. The van der Waals surface area contributed by atoms with E-state index in [-0.39, 0.29) is 23.8 Å². The first-order chi connectivity index (χ1) is 17.4. The minimum Gasteiger partial charge on any atom is -0.445 e. The molecule has 2 atom stereocenters. The number of alkyl carbamates (subject to hydrolysis) is 1. The minimum atomic E-state index is -0.853. The van der Waals surface area contributed by atoms with E-state index < -0.39 is 18.2 Å². The van der Waals surface area contributed by atoms with Crippen LogP contribution in [0, 0.1) is 5.41 Å². The van der Waals surface area contributed by atoms with E-state index in [0.29, 0.717) is 36.9 Å². The molecule has 1 aromatic heterocycles. The van der Waals surface area contributed by atoms with Gasteiger partial charge in [-0.25, -0.2) is 9.78 Å². The molecule has 4 rings (SSSR count). The number of carbonyl (C=O) groups is 2. The maximum atomic E-state index is 13.0. The number of hydrogen-bond acceptors (Lipinski definition) is 6. The smallest absolute Gasteiger partial charge is 0.408 e. The summed E-state index contributed by atoms with van der Waals surface area (Å²) in [4.78, 5) is 29.9. The summed E-state index contributed by atoms with van der Waals surface area (Å²) in [6.45, 7) is 2.68. The molecule has 3 N–H and O–H groups in total. The van der Waals surface area contributed by atoms with E-state index in [1.54, 1.807) is 0 Å². The third kappa shape index (κ3) is 7.07. The molecule has 1 aliphatic rings. The molecule has 1 aliphatic carbocycles. The third-order valence-electron chi connectivity index (χ3n) is 6.88. The van der Waals surface area contributed by atoms with Crippen molar-refractivity contribution in [3.8, 4) is 0 Å². The second-order valence-corrected chi connectivity index (χ2v) is 9.95. The first-order valence-electron chi connectivity index (χ1n) is 12.7. The second-order valence-electron chi connectivity index (χ2n) is 9.95. The Hall–Kier alpha value is -3.39. The zero-order valence-corrected chi connectivity index (χ0v) is 20.7. The van der Waals surface area contributed by atoms with Crippen LogP contribution in [0.2, 0.25) is 0 Å². The number of benzene rings is 2. The van der Waals surface area contributed by atoms with Crippen molar-refractivity contribution in [1.29, 1.82) is 0 Å². The van der Waals surface area contributed by atoms with Crippen LogP contribution in [0.4, 0.5) is 4.79 Å². The van der Waals surface area contributed by atoms with E-state index >= 15 is 0 Å². The van der Waals surface area contributed by atoms with Gasteiger partial charge in [0.05, 0.1) is 0 Å². The first kappa shape index (κ1) is 25.7. The molecule has 1 saturated carbocycles. The van der Waals surface area contributed by atoms with Crippen molar-refractivity contribution in [2.75, 3.05) is 6.54 Å². The summed E-state index contributed by atoms with van der Waals surface area (Å²) in [5.41, 5.74) is 2.23. The highest BCUT2D eigenvalue weighted by Gasteiger charge is 2.35. The number of rotatable bonds is 11. The van der Waals surface area contributed by atoms with E-state index in [1.165, 1.54) is 0 Å². The number of aromatic nitrogens is 1. The predicted octanol–water partition coefficient (Wildman–Crippen LogP) is 5.02. The van der Waals surface area contributed by atoms with Crippen molar-refractivity contribution >= 4 is 23.1 Å². The van der Waals surface area contributed by atoms with Crippen molar-refractivity contribution in [2.24, 2.45) is 5.41 Å². The molecule has 8 nitrogen and oxygen atoms in total. The Morgan fingerprint density at radius 1 is 1.11 bits per heavy atom. The lowest BCUT2D eigenvalue weighted by molar-refractivity contribution is -0.123. The summed E-state index contributed by atoms with van der Waals surface area (Å²) >= 11 is 0. The predicted molar refractivity (Wildman–Crippen MR) is 136 cm³/mol. The van der Waals surface area contributed by atoms with Gasteiger partial charge in [0.15, 0.2) is 5.58 Å². The molecule has 192 valence electrons. The van der Waals surface area contributed by atoms with Crippen LogP contribution in [0.25, 0.3) is 11.1 Å². The maximum Gasteiger partial charge on any atom is 0.408 e. The van der Waals surface area contributed by atoms with Crippen LogP contribution in [-0.4, -0.2) is 34.7 Å². The number of para-hydroxylation sites is 2. The summed E-state index contributed by atoms with van der Waals surface area (Å²) < 4.78 is 11.0. The van der Waals surface area contributed by atoms with E-state index in [1.807, 2.05) is 54.6 Å². The van der Waals surface area contributed by atoms with Crippen molar-refractivity contribution in [1.82, 2.24) is 15.6 Å². The average molecular weight is 494 g/mol. The van der Waals surface area contributed by atoms with Gasteiger partial charge in [-0.15, -0.1) is 0 Å².